The van der Waals surface area contributed by atoms with Gasteiger partial charge >= 0.3 is 0 Å². The molecule has 1 aromatic heterocycles. The van der Waals surface area contributed by atoms with Gasteiger partial charge < -0.3 is 14.2 Å². The monoisotopic (exact) mass is 528 g/mol. The zero-order valence-electron chi connectivity index (χ0n) is 23.1. The maximum absolute atomic E-state index is 13.1. The van der Waals surface area contributed by atoms with Crippen LogP contribution < -0.4 is 4.90 Å². The van der Waals surface area contributed by atoms with Crippen molar-refractivity contribution in [3.63, 3.8) is 0 Å². The Morgan fingerprint density at radius 3 is 2.21 bits per heavy atom. The fourth-order valence-corrected chi connectivity index (χ4v) is 5.88. The zero-order valence-corrected chi connectivity index (χ0v) is 23.9. The quantitative estimate of drug-likeness (QED) is 0.365. The fourth-order valence-electron chi connectivity index (χ4n) is 4.90. The van der Waals surface area contributed by atoms with Crippen LogP contribution in [-0.4, -0.2) is 53.9 Å². The summed E-state index contributed by atoms with van der Waals surface area (Å²) in [5.41, 5.74) is 7.85. The van der Waals surface area contributed by atoms with Crippen LogP contribution in [0.2, 0.25) is 0 Å². The van der Waals surface area contributed by atoms with Gasteiger partial charge in [0.25, 0.3) is 5.91 Å². The molecule has 0 radical (unpaired) electrons. The molecule has 0 atom stereocenters. The van der Waals surface area contributed by atoms with E-state index in [4.69, 9.17) is 9.73 Å². The molecule has 38 heavy (non-hydrogen) atoms. The highest BCUT2D eigenvalue weighted by Crippen LogP contribution is 2.35. The van der Waals surface area contributed by atoms with Gasteiger partial charge in [0.15, 0.2) is 5.17 Å². The van der Waals surface area contributed by atoms with E-state index in [1.807, 2.05) is 18.2 Å². The third kappa shape index (κ3) is 5.31. The van der Waals surface area contributed by atoms with E-state index in [0.717, 1.165) is 54.6 Å². The van der Waals surface area contributed by atoms with Crippen molar-refractivity contribution in [1.29, 1.82) is 0 Å². The van der Waals surface area contributed by atoms with E-state index in [9.17, 15) is 4.79 Å². The van der Waals surface area contributed by atoms with Crippen LogP contribution in [0.25, 0.3) is 11.8 Å². The molecule has 0 aliphatic carbocycles. The Labute approximate surface area is 230 Å². The van der Waals surface area contributed by atoms with Gasteiger partial charge in [-0.25, -0.2) is 4.99 Å². The topological polar surface area (TPSA) is 50.1 Å². The number of rotatable bonds is 4. The van der Waals surface area contributed by atoms with Crippen molar-refractivity contribution < 1.29 is 9.53 Å². The number of amides is 1. The van der Waals surface area contributed by atoms with Gasteiger partial charge in [-0.3, -0.25) is 9.69 Å². The first-order valence-corrected chi connectivity index (χ1v) is 13.9. The van der Waals surface area contributed by atoms with Crippen molar-refractivity contribution >= 4 is 40.3 Å². The average molecular weight is 529 g/mol. The molecular weight excluding hydrogens is 492 g/mol. The summed E-state index contributed by atoms with van der Waals surface area (Å²) in [6, 6.07) is 19.1. The van der Waals surface area contributed by atoms with E-state index < -0.39 is 0 Å². The van der Waals surface area contributed by atoms with Gasteiger partial charge in [-0.15, -0.1) is 0 Å². The van der Waals surface area contributed by atoms with E-state index in [2.05, 4.69) is 86.6 Å². The Morgan fingerprint density at radius 1 is 0.947 bits per heavy atom. The molecule has 3 heterocycles. The smallest absolute Gasteiger partial charge is 0.266 e. The lowest BCUT2D eigenvalue weighted by atomic mass is 9.87. The van der Waals surface area contributed by atoms with Gasteiger partial charge in [0.1, 0.15) is 0 Å². The number of carbonyl (C=O) groups excluding carboxylic acids is 1. The summed E-state index contributed by atoms with van der Waals surface area (Å²) < 4.78 is 7.70. The van der Waals surface area contributed by atoms with Crippen LogP contribution in [0.15, 0.2) is 64.5 Å². The number of carbonyl (C=O) groups is 1. The summed E-state index contributed by atoms with van der Waals surface area (Å²) in [5.74, 6) is -0.0296. The van der Waals surface area contributed by atoms with Gasteiger partial charge in [0.05, 0.1) is 23.8 Å². The second-order valence-electron chi connectivity index (χ2n) is 10.9. The Morgan fingerprint density at radius 2 is 1.58 bits per heavy atom. The Bertz CT molecular complexity index is 1390. The number of thioether (sulfide) groups is 1. The number of hydrogen-bond donors (Lipinski definition) is 0. The minimum Gasteiger partial charge on any atom is -0.378 e. The van der Waals surface area contributed by atoms with Crippen molar-refractivity contribution in [2.24, 2.45) is 4.99 Å². The van der Waals surface area contributed by atoms with Crippen molar-refractivity contribution in [3.05, 3.63) is 82.0 Å². The Balaban J connectivity index is 1.37. The minimum absolute atomic E-state index is 0.0296. The summed E-state index contributed by atoms with van der Waals surface area (Å²) in [7, 11) is 1.79. The number of amidine groups is 1. The van der Waals surface area contributed by atoms with E-state index in [1.54, 1.807) is 11.9 Å². The van der Waals surface area contributed by atoms with Gasteiger partial charge in [0, 0.05) is 42.9 Å². The maximum atomic E-state index is 13.1. The minimum atomic E-state index is -0.0296. The molecule has 7 heteroatoms. The van der Waals surface area contributed by atoms with Gasteiger partial charge in [-0.1, -0.05) is 32.9 Å². The molecule has 0 N–H and O–H groups in total. The number of aromatic nitrogens is 1. The molecule has 2 saturated heterocycles. The Kier molecular flexibility index (Phi) is 7.25. The molecule has 2 aliphatic heterocycles. The molecule has 0 spiro atoms. The molecule has 1 amide bonds. The molecule has 198 valence electrons. The van der Waals surface area contributed by atoms with Crippen LogP contribution in [0.3, 0.4) is 0 Å². The number of aryl methyl sites for hydroxylation is 1. The number of benzene rings is 2. The van der Waals surface area contributed by atoms with Crippen LogP contribution >= 0.6 is 11.8 Å². The summed E-state index contributed by atoms with van der Waals surface area (Å²) in [6.45, 7) is 14.2. The second kappa shape index (κ2) is 10.5. The summed E-state index contributed by atoms with van der Waals surface area (Å²) in [4.78, 5) is 22.5. The number of likely N-dealkylation sites (N-methyl/N-ethyl adjacent to an activating group) is 1. The molecule has 2 aliphatic rings. The largest absolute Gasteiger partial charge is 0.378 e. The molecule has 3 aromatic rings. The van der Waals surface area contributed by atoms with E-state index in [0.29, 0.717) is 10.1 Å². The molecule has 0 saturated carbocycles. The third-order valence-corrected chi connectivity index (χ3v) is 8.26. The summed E-state index contributed by atoms with van der Waals surface area (Å²) in [5, 5.41) is 0.687. The number of aliphatic imine (C=N–C) groups is 1. The molecule has 2 fully saturated rings. The highest BCUT2D eigenvalue weighted by Gasteiger charge is 2.31. The van der Waals surface area contributed by atoms with Crippen molar-refractivity contribution in [1.82, 2.24) is 9.47 Å². The first kappa shape index (κ1) is 26.3. The van der Waals surface area contributed by atoms with Crippen molar-refractivity contribution in [3.8, 4) is 5.69 Å². The SMILES string of the molecule is Cc1cc(/C=C2\SC(=Nc3ccc(N4CCOCC4)cc3)N(C)C2=O)c(C)n1-c1ccc(C(C)(C)C)cc1. The van der Waals surface area contributed by atoms with E-state index >= 15 is 0 Å². The number of ether oxygens (including phenoxy) is 1. The van der Waals surface area contributed by atoms with Gasteiger partial charge in [-0.05, 0) is 90.7 Å². The van der Waals surface area contributed by atoms with Crippen LogP contribution in [0.4, 0.5) is 11.4 Å². The van der Waals surface area contributed by atoms with Gasteiger partial charge in [0.2, 0.25) is 0 Å². The zero-order chi connectivity index (χ0) is 27.0. The summed E-state index contributed by atoms with van der Waals surface area (Å²) >= 11 is 1.42. The molecule has 2 aromatic carbocycles. The lowest BCUT2D eigenvalue weighted by Gasteiger charge is -2.28. The fraction of sp³-hybridized carbons (Fsp3) is 0.355. The van der Waals surface area contributed by atoms with Crippen LogP contribution in [-0.2, 0) is 14.9 Å². The number of anilines is 1. The van der Waals surface area contributed by atoms with Crippen LogP contribution in [0.5, 0.6) is 0 Å². The highest BCUT2D eigenvalue weighted by atomic mass is 32.2. The predicted molar refractivity (Wildman–Crippen MR) is 159 cm³/mol. The molecule has 6 nitrogen and oxygen atoms in total. The molecule has 0 bridgehead atoms. The number of hydrogen-bond acceptors (Lipinski definition) is 5. The third-order valence-electron chi connectivity index (χ3n) is 7.20. The lowest BCUT2D eigenvalue weighted by Crippen LogP contribution is -2.36. The first-order chi connectivity index (χ1) is 18.1. The van der Waals surface area contributed by atoms with Crippen LogP contribution in [0.1, 0.15) is 43.3 Å². The van der Waals surface area contributed by atoms with E-state index in [-0.39, 0.29) is 11.3 Å². The van der Waals surface area contributed by atoms with Crippen LogP contribution in [0, 0.1) is 13.8 Å². The summed E-state index contributed by atoms with van der Waals surface area (Å²) in [6.07, 6.45) is 2.00. The normalized spacial score (nSPS) is 18.7. The average Bonchev–Trinajstić information content (AvgIpc) is 3.33. The molecule has 5 rings (SSSR count). The number of nitrogens with zero attached hydrogens (tertiary/aromatic N) is 4. The lowest BCUT2D eigenvalue weighted by molar-refractivity contribution is -0.121. The second-order valence-corrected chi connectivity index (χ2v) is 12.0. The maximum Gasteiger partial charge on any atom is 0.266 e. The molecular formula is C31H36N4O2S. The predicted octanol–water partition coefficient (Wildman–Crippen LogP) is 6.46. The van der Waals surface area contributed by atoms with Crippen molar-refractivity contribution in [2.75, 3.05) is 38.3 Å². The van der Waals surface area contributed by atoms with Gasteiger partial charge in [-0.2, -0.15) is 0 Å². The van der Waals surface area contributed by atoms with E-state index in [1.165, 1.54) is 23.0 Å². The van der Waals surface area contributed by atoms with Crippen molar-refractivity contribution in [2.45, 2.75) is 40.0 Å². The first-order valence-electron chi connectivity index (χ1n) is 13.1. The standard InChI is InChI=1S/C31H36N4O2S/c1-21-19-23(22(2)35(21)27-11-7-24(8-12-27)31(3,4)5)20-28-29(36)33(6)30(38-28)32-25-9-13-26(14-10-25)34-15-17-37-18-16-34/h7-14,19-20H,15-18H2,1-6H3/b28-20-,32-30?. The number of morpholine rings is 1. The molecule has 0 unspecified atom stereocenters. The Hall–Kier alpha value is -3.29. The highest BCUT2D eigenvalue weighted by molar-refractivity contribution is 8.18.